The second kappa shape index (κ2) is 4.75. The number of rotatable bonds is 2. The van der Waals surface area contributed by atoms with Gasteiger partial charge >= 0.3 is 0 Å². The minimum atomic E-state index is -0.260. The van der Waals surface area contributed by atoms with Crippen LogP contribution in [-0.2, 0) is 9.59 Å². The Morgan fingerprint density at radius 2 is 1.90 bits per heavy atom. The van der Waals surface area contributed by atoms with Crippen LogP contribution in [0.4, 0.5) is 0 Å². The monoisotopic (exact) mass is 138 g/mol. The van der Waals surface area contributed by atoms with Crippen molar-refractivity contribution in [2.75, 3.05) is 0 Å². The molecule has 0 radical (unpaired) electrons. The highest BCUT2D eigenvalue weighted by Gasteiger charge is 1.91. The Morgan fingerprint density at radius 1 is 1.30 bits per heavy atom. The molecule has 0 aliphatic carbocycles. The fourth-order valence-electron chi connectivity index (χ4n) is 0.447. The molecule has 0 aromatic heterocycles. The van der Waals surface area contributed by atoms with Crippen LogP contribution in [0.25, 0.3) is 0 Å². The van der Waals surface area contributed by atoms with E-state index in [0.29, 0.717) is 6.42 Å². The van der Waals surface area contributed by atoms with Gasteiger partial charge in [0, 0.05) is 13.3 Å². The molecule has 54 valence electrons. The van der Waals surface area contributed by atoms with Gasteiger partial charge in [-0.25, -0.2) is 0 Å². The third-order valence-corrected chi connectivity index (χ3v) is 0.855. The zero-order valence-electron chi connectivity index (χ0n) is 6.23. The van der Waals surface area contributed by atoms with E-state index in [-0.39, 0.29) is 11.6 Å². The van der Waals surface area contributed by atoms with Crippen molar-refractivity contribution in [2.24, 2.45) is 0 Å². The standard InChI is InChI=1S/C8H10O2/c1-3-4-8(10)6-5-7(2)9/h3-4H2,1-2H3. The van der Waals surface area contributed by atoms with Crippen LogP contribution >= 0.6 is 0 Å². The molecule has 0 aromatic carbocycles. The average molecular weight is 138 g/mol. The van der Waals surface area contributed by atoms with Crippen molar-refractivity contribution in [1.29, 1.82) is 0 Å². The summed E-state index contributed by atoms with van der Waals surface area (Å²) >= 11 is 0. The van der Waals surface area contributed by atoms with E-state index < -0.39 is 0 Å². The Hall–Kier alpha value is -1.10. The zero-order valence-corrected chi connectivity index (χ0v) is 6.23. The Kier molecular flexibility index (Phi) is 4.23. The van der Waals surface area contributed by atoms with Crippen LogP contribution in [0.2, 0.25) is 0 Å². The minimum Gasteiger partial charge on any atom is -0.285 e. The molecule has 0 fully saturated rings. The lowest BCUT2D eigenvalue weighted by Gasteiger charge is -1.82. The summed E-state index contributed by atoms with van der Waals surface area (Å²) in [6, 6.07) is 0. The molecule has 2 heteroatoms. The van der Waals surface area contributed by atoms with Crippen molar-refractivity contribution < 1.29 is 9.59 Å². The molecule has 0 saturated carbocycles. The van der Waals surface area contributed by atoms with E-state index in [1.54, 1.807) is 0 Å². The predicted molar refractivity (Wildman–Crippen MR) is 38.4 cm³/mol. The highest BCUT2D eigenvalue weighted by atomic mass is 16.1. The summed E-state index contributed by atoms with van der Waals surface area (Å²) in [6.45, 7) is 3.24. The van der Waals surface area contributed by atoms with Crippen molar-refractivity contribution in [3.05, 3.63) is 0 Å². The van der Waals surface area contributed by atoms with Gasteiger partial charge < -0.3 is 0 Å². The van der Waals surface area contributed by atoms with E-state index in [1.165, 1.54) is 6.92 Å². The first-order valence-corrected chi connectivity index (χ1v) is 3.22. The van der Waals surface area contributed by atoms with Gasteiger partial charge in [0.15, 0.2) is 0 Å². The number of ketones is 2. The Labute approximate surface area is 60.6 Å². The maximum absolute atomic E-state index is 10.6. The summed E-state index contributed by atoms with van der Waals surface area (Å²) in [5.74, 6) is 4.02. The van der Waals surface area contributed by atoms with Crippen molar-refractivity contribution in [3.8, 4) is 11.8 Å². The Balaban J connectivity index is 3.81. The maximum atomic E-state index is 10.6. The summed E-state index contributed by atoms with van der Waals surface area (Å²) < 4.78 is 0. The van der Waals surface area contributed by atoms with Crippen LogP contribution in [0.15, 0.2) is 0 Å². The summed E-state index contributed by atoms with van der Waals surface area (Å²) in [7, 11) is 0. The Bertz CT molecular complexity index is 193. The molecule has 0 spiro atoms. The lowest BCUT2D eigenvalue weighted by Crippen LogP contribution is -1.92. The summed E-state index contributed by atoms with van der Waals surface area (Å²) in [5.41, 5.74) is 0. The van der Waals surface area contributed by atoms with Crippen LogP contribution in [-0.4, -0.2) is 11.6 Å². The van der Waals surface area contributed by atoms with E-state index in [4.69, 9.17) is 0 Å². The van der Waals surface area contributed by atoms with E-state index in [1.807, 2.05) is 6.92 Å². The second-order valence-corrected chi connectivity index (χ2v) is 1.98. The quantitative estimate of drug-likeness (QED) is 0.420. The third kappa shape index (κ3) is 5.04. The number of carbonyl (C=O) groups is 2. The molecule has 0 amide bonds. The van der Waals surface area contributed by atoms with E-state index in [2.05, 4.69) is 11.8 Å². The first-order valence-electron chi connectivity index (χ1n) is 3.22. The number of Topliss-reactive ketones (excluding diaryl/α,β-unsaturated/α-hetero) is 2. The zero-order chi connectivity index (χ0) is 7.98. The maximum Gasteiger partial charge on any atom is 0.205 e. The molecule has 2 nitrogen and oxygen atoms in total. The molecular weight excluding hydrogens is 128 g/mol. The van der Waals surface area contributed by atoms with E-state index >= 15 is 0 Å². The van der Waals surface area contributed by atoms with Gasteiger partial charge in [-0.1, -0.05) is 6.92 Å². The fourth-order valence-corrected chi connectivity index (χ4v) is 0.447. The molecule has 0 aliphatic heterocycles. The first kappa shape index (κ1) is 8.90. The van der Waals surface area contributed by atoms with Gasteiger partial charge in [-0.05, 0) is 18.3 Å². The normalized spacial score (nSPS) is 7.80. The van der Waals surface area contributed by atoms with E-state index in [9.17, 15) is 9.59 Å². The van der Waals surface area contributed by atoms with Crippen molar-refractivity contribution >= 4 is 11.6 Å². The lowest BCUT2D eigenvalue weighted by molar-refractivity contribution is -0.114. The molecule has 0 aromatic rings. The molecule has 0 N–H and O–H groups in total. The van der Waals surface area contributed by atoms with Crippen LogP contribution in [0.3, 0.4) is 0 Å². The molecule has 0 aliphatic rings. The highest BCUT2D eigenvalue weighted by Crippen LogP contribution is 1.85. The van der Waals surface area contributed by atoms with Gasteiger partial charge in [0.05, 0.1) is 0 Å². The molecule has 0 saturated heterocycles. The fraction of sp³-hybridized carbons (Fsp3) is 0.500. The molecule has 0 rings (SSSR count). The SMILES string of the molecule is CCCC(=O)C#CC(C)=O. The number of hydrogen-bond acceptors (Lipinski definition) is 2. The molecule has 0 bridgehead atoms. The smallest absolute Gasteiger partial charge is 0.205 e. The lowest BCUT2D eigenvalue weighted by atomic mass is 10.2. The van der Waals surface area contributed by atoms with Crippen LogP contribution in [0, 0.1) is 11.8 Å². The highest BCUT2D eigenvalue weighted by molar-refractivity contribution is 6.03. The summed E-state index contributed by atoms with van der Waals surface area (Å²) in [5, 5.41) is 0. The van der Waals surface area contributed by atoms with Gasteiger partial charge in [0.2, 0.25) is 11.6 Å². The predicted octanol–water partition coefficient (Wildman–Crippen LogP) is 0.948. The molecule has 0 atom stereocenters. The minimum absolute atomic E-state index is 0.155. The van der Waals surface area contributed by atoms with Gasteiger partial charge in [-0.3, -0.25) is 9.59 Å². The third-order valence-electron chi connectivity index (χ3n) is 0.855. The largest absolute Gasteiger partial charge is 0.285 e. The second-order valence-electron chi connectivity index (χ2n) is 1.98. The van der Waals surface area contributed by atoms with Crippen LogP contribution in [0.1, 0.15) is 26.7 Å². The number of hydrogen-bond donors (Lipinski definition) is 0. The average Bonchev–Trinajstić information content (AvgIpc) is 1.85. The van der Waals surface area contributed by atoms with Gasteiger partial charge in [-0.2, -0.15) is 0 Å². The van der Waals surface area contributed by atoms with Crippen LogP contribution in [0.5, 0.6) is 0 Å². The van der Waals surface area contributed by atoms with Gasteiger partial charge in [0.1, 0.15) is 0 Å². The van der Waals surface area contributed by atoms with E-state index in [0.717, 1.165) is 6.42 Å². The number of carbonyl (C=O) groups excluding carboxylic acids is 2. The van der Waals surface area contributed by atoms with Gasteiger partial charge in [0.25, 0.3) is 0 Å². The van der Waals surface area contributed by atoms with Crippen molar-refractivity contribution in [3.63, 3.8) is 0 Å². The molecule has 0 heterocycles. The first-order chi connectivity index (χ1) is 4.66. The molecule has 10 heavy (non-hydrogen) atoms. The van der Waals surface area contributed by atoms with Crippen molar-refractivity contribution in [1.82, 2.24) is 0 Å². The Morgan fingerprint density at radius 3 is 2.30 bits per heavy atom. The van der Waals surface area contributed by atoms with Crippen molar-refractivity contribution in [2.45, 2.75) is 26.7 Å². The summed E-state index contributed by atoms with van der Waals surface area (Å²) in [6.07, 6.45) is 1.23. The molecular formula is C8H10O2. The molecule has 0 unspecified atom stereocenters. The van der Waals surface area contributed by atoms with Gasteiger partial charge in [-0.15, -0.1) is 0 Å². The van der Waals surface area contributed by atoms with Crippen LogP contribution < -0.4 is 0 Å². The summed E-state index contributed by atoms with van der Waals surface area (Å²) in [4.78, 5) is 20.8. The topological polar surface area (TPSA) is 34.1 Å².